The van der Waals surface area contributed by atoms with Crippen LogP contribution in [0.2, 0.25) is 0 Å². The molecule has 0 aromatic heterocycles. The van der Waals surface area contributed by atoms with E-state index in [2.05, 4.69) is 0 Å². The summed E-state index contributed by atoms with van der Waals surface area (Å²) in [4.78, 5) is 11.0. The second-order valence-corrected chi connectivity index (χ2v) is 3.47. The maximum absolute atomic E-state index is 13.0. The smallest absolute Gasteiger partial charge is 0.270 e. The van der Waals surface area contributed by atoms with Crippen molar-refractivity contribution in [2.45, 2.75) is 26.7 Å². The molecule has 76 valence electrons. The Morgan fingerprint density at radius 1 is 1.36 bits per heavy atom. The maximum atomic E-state index is 13.0. The summed E-state index contributed by atoms with van der Waals surface area (Å²) in [5.74, 6) is -3.09. The molecule has 0 aliphatic heterocycles. The summed E-state index contributed by atoms with van der Waals surface area (Å²) in [5, 5.41) is 0. The quantitative estimate of drug-likeness (QED) is 0.666. The molecule has 1 rings (SSSR count). The molecule has 0 unspecified atom stereocenters. The normalized spacial score (nSPS) is 11.5. The Morgan fingerprint density at radius 2 is 1.93 bits per heavy atom. The van der Waals surface area contributed by atoms with E-state index in [1.165, 1.54) is 13.0 Å². The van der Waals surface area contributed by atoms with Crippen molar-refractivity contribution in [3.05, 3.63) is 34.9 Å². The van der Waals surface area contributed by atoms with Crippen LogP contribution in [-0.4, -0.2) is 5.78 Å². The number of aryl methyl sites for hydroxylation is 1. The molecule has 0 atom stereocenters. The van der Waals surface area contributed by atoms with E-state index in [-0.39, 0.29) is 11.3 Å². The highest BCUT2D eigenvalue weighted by molar-refractivity contribution is 5.94. The zero-order chi connectivity index (χ0) is 10.9. The molecule has 1 aromatic rings. The van der Waals surface area contributed by atoms with Crippen LogP contribution in [0.25, 0.3) is 0 Å². The Labute approximate surface area is 81.7 Å². The van der Waals surface area contributed by atoms with Crippen molar-refractivity contribution in [3.8, 4) is 0 Å². The lowest BCUT2D eigenvalue weighted by Crippen LogP contribution is -2.10. The summed E-state index contributed by atoms with van der Waals surface area (Å²) in [6, 6.07) is 4.37. The Kier molecular flexibility index (Phi) is 2.69. The molecule has 0 radical (unpaired) electrons. The Bertz CT molecular complexity index is 364. The van der Waals surface area contributed by atoms with Gasteiger partial charge in [-0.3, -0.25) is 4.79 Å². The van der Waals surface area contributed by atoms with Gasteiger partial charge in [-0.25, -0.2) is 8.78 Å². The zero-order valence-corrected chi connectivity index (χ0v) is 8.40. The van der Waals surface area contributed by atoms with E-state index >= 15 is 0 Å². The molecule has 1 nitrogen and oxygen atoms in total. The van der Waals surface area contributed by atoms with Crippen LogP contribution in [0.3, 0.4) is 0 Å². The van der Waals surface area contributed by atoms with Crippen molar-refractivity contribution in [1.82, 2.24) is 0 Å². The van der Waals surface area contributed by atoms with Gasteiger partial charge in [0.1, 0.15) is 0 Å². The van der Waals surface area contributed by atoms with Gasteiger partial charge < -0.3 is 0 Å². The third kappa shape index (κ3) is 2.16. The first-order valence-corrected chi connectivity index (χ1v) is 4.32. The van der Waals surface area contributed by atoms with Gasteiger partial charge in [0, 0.05) is 18.1 Å². The molecule has 0 fully saturated rings. The number of hydrogen-bond donors (Lipinski definition) is 0. The average molecular weight is 198 g/mol. The van der Waals surface area contributed by atoms with Crippen LogP contribution in [0, 0.1) is 6.92 Å². The molecular formula is C11H12F2O. The molecule has 1 aromatic carbocycles. The van der Waals surface area contributed by atoms with Crippen molar-refractivity contribution in [3.63, 3.8) is 0 Å². The lowest BCUT2D eigenvalue weighted by molar-refractivity contribution is 0.0168. The minimum Gasteiger partial charge on any atom is -0.295 e. The van der Waals surface area contributed by atoms with Gasteiger partial charge in [0.2, 0.25) is 0 Å². The number of ketones is 1. The maximum Gasteiger partial charge on any atom is 0.270 e. The molecule has 0 saturated heterocycles. The lowest BCUT2D eigenvalue weighted by atomic mass is 9.99. The van der Waals surface area contributed by atoms with Crippen LogP contribution in [0.4, 0.5) is 8.78 Å². The Hall–Kier alpha value is -1.25. The summed E-state index contributed by atoms with van der Waals surface area (Å²) in [6.45, 7) is 3.80. The monoisotopic (exact) mass is 198 g/mol. The van der Waals surface area contributed by atoms with Gasteiger partial charge in [0.05, 0.1) is 0 Å². The number of carbonyl (C=O) groups is 1. The van der Waals surface area contributed by atoms with Crippen molar-refractivity contribution < 1.29 is 13.6 Å². The fourth-order valence-electron chi connectivity index (χ4n) is 1.31. The highest BCUT2D eigenvalue weighted by atomic mass is 19.3. The van der Waals surface area contributed by atoms with Gasteiger partial charge in [0.15, 0.2) is 5.78 Å². The molecule has 0 aliphatic rings. The lowest BCUT2D eigenvalue weighted by Gasteiger charge is -2.14. The molecule has 14 heavy (non-hydrogen) atoms. The zero-order valence-electron chi connectivity index (χ0n) is 8.40. The molecule has 3 heteroatoms. The third-order valence-electron chi connectivity index (χ3n) is 2.12. The van der Waals surface area contributed by atoms with E-state index in [1.54, 1.807) is 19.1 Å². The number of halogens is 2. The fourth-order valence-corrected chi connectivity index (χ4v) is 1.31. The average Bonchev–Trinajstić information content (AvgIpc) is 2.02. The van der Waals surface area contributed by atoms with E-state index in [1.807, 2.05) is 0 Å². The second-order valence-electron chi connectivity index (χ2n) is 3.47. The van der Waals surface area contributed by atoms with E-state index < -0.39 is 5.92 Å². The molecule has 0 spiro atoms. The van der Waals surface area contributed by atoms with E-state index in [0.29, 0.717) is 11.1 Å². The topological polar surface area (TPSA) is 17.1 Å². The van der Waals surface area contributed by atoms with Crippen molar-refractivity contribution >= 4 is 5.78 Å². The summed E-state index contributed by atoms with van der Waals surface area (Å²) >= 11 is 0. The van der Waals surface area contributed by atoms with Crippen molar-refractivity contribution in [1.29, 1.82) is 0 Å². The summed E-state index contributed by atoms with van der Waals surface area (Å²) < 4.78 is 26.1. The molecule has 0 amide bonds. The second kappa shape index (κ2) is 3.48. The van der Waals surface area contributed by atoms with Gasteiger partial charge in [-0.2, -0.15) is 0 Å². The standard InChI is InChI=1S/C11H12F2O/c1-7-4-5-9(8(2)14)6-10(7)11(3,12)13/h4-6H,1-3H3. The van der Waals surface area contributed by atoms with Crippen molar-refractivity contribution in [2.24, 2.45) is 0 Å². The number of Topliss-reactive ketones (excluding diaryl/α,β-unsaturated/α-hetero) is 1. The molecule has 0 N–H and O–H groups in total. The van der Waals surface area contributed by atoms with Crippen LogP contribution in [0.5, 0.6) is 0 Å². The predicted molar refractivity (Wildman–Crippen MR) is 50.8 cm³/mol. The number of hydrogen-bond acceptors (Lipinski definition) is 1. The number of benzene rings is 1. The fraction of sp³-hybridized carbons (Fsp3) is 0.364. The summed E-state index contributed by atoms with van der Waals surface area (Å²) in [5.41, 5.74) is 0.750. The van der Waals surface area contributed by atoms with E-state index in [4.69, 9.17) is 0 Å². The molecule has 0 aliphatic carbocycles. The van der Waals surface area contributed by atoms with E-state index in [9.17, 15) is 13.6 Å². The summed E-state index contributed by atoms with van der Waals surface area (Å²) in [6.07, 6.45) is 0. The third-order valence-corrected chi connectivity index (χ3v) is 2.12. The van der Waals surface area contributed by atoms with Crippen LogP contribution < -0.4 is 0 Å². The van der Waals surface area contributed by atoms with Crippen LogP contribution >= 0.6 is 0 Å². The minimum absolute atomic E-state index is 0.0785. The molecular weight excluding hydrogens is 186 g/mol. The first-order chi connectivity index (χ1) is 6.32. The number of rotatable bonds is 2. The van der Waals surface area contributed by atoms with Crippen LogP contribution in [0.1, 0.15) is 35.3 Å². The van der Waals surface area contributed by atoms with Crippen LogP contribution in [-0.2, 0) is 5.92 Å². The minimum atomic E-state index is -2.89. The molecule has 0 saturated carbocycles. The van der Waals surface area contributed by atoms with Crippen molar-refractivity contribution in [2.75, 3.05) is 0 Å². The predicted octanol–water partition coefficient (Wildman–Crippen LogP) is 3.31. The summed E-state index contributed by atoms with van der Waals surface area (Å²) in [7, 11) is 0. The molecule has 0 bridgehead atoms. The van der Waals surface area contributed by atoms with Gasteiger partial charge >= 0.3 is 0 Å². The van der Waals surface area contributed by atoms with Crippen LogP contribution in [0.15, 0.2) is 18.2 Å². The number of carbonyl (C=O) groups excluding carboxylic acids is 1. The SMILES string of the molecule is CC(=O)c1ccc(C)c(C(C)(F)F)c1. The highest BCUT2D eigenvalue weighted by Crippen LogP contribution is 2.30. The first-order valence-electron chi connectivity index (χ1n) is 4.32. The van der Waals surface area contributed by atoms with Gasteiger partial charge in [-0.05, 0) is 25.5 Å². The largest absolute Gasteiger partial charge is 0.295 e. The molecule has 0 heterocycles. The van der Waals surface area contributed by atoms with Gasteiger partial charge in [-0.15, -0.1) is 0 Å². The first kappa shape index (κ1) is 10.8. The number of alkyl halides is 2. The van der Waals surface area contributed by atoms with Gasteiger partial charge in [0.25, 0.3) is 5.92 Å². The Balaban J connectivity index is 3.29. The van der Waals surface area contributed by atoms with Gasteiger partial charge in [-0.1, -0.05) is 12.1 Å². The Morgan fingerprint density at radius 3 is 2.36 bits per heavy atom. The van der Waals surface area contributed by atoms with E-state index in [0.717, 1.165) is 6.92 Å². The highest BCUT2D eigenvalue weighted by Gasteiger charge is 2.26.